The Morgan fingerprint density at radius 3 is 1.95 bits per heavy atom. The second-order valence-electron chi connectivity index (χ2n) is 11.7. The summed E-state index contributed by atoms with van der Waals surface area (Å²) in [5.41, 5.74) is 2.58. The van der Waals surface area contributed by atoms with E-state index in [0.717, 1.165) is 29.7 Å². The Bertz CT molecular complexity index is 880. The number of benzene rings is 2. The topological polar surface area (TPSA) is 35.5 Å². The molecular formula is C35H56NO3+. The van der Waals surface area contributed by atoms with E-state index in [1.54, 1.807) is 0 Å². The van der Waals surface area contributed by atoms with Gasteiger partial charge in [0.2, 0.25) is 0 Å². The molecule has 0 atom stereocenters. The predicted octanol–water partition coefficient (Wildman–Crippen LogP) is 8.91. The van der Waals surface area contributed by atoms with Gasteiger partial charge in [-0.25, -0.2) is 0 Å². The Morgan fingerprint density at radius 2 is 1.28 bits per heavy atom. The minimum absolute atomic E-state index is 0.123. The number of unbranched alkanes of at least 4 members (excludes halogenated alkanes) is 11. The lowest BCUT2D eigenvalue weighted by Gasteiger charge is -2.29. The van der Waals surface area contributed by atoms with Crippen LogP contribution >= 0.6 is 0 Å². The third kappa shape index (κ3) is 16.4. The first kappa shape index (κ1) is 32.9. The first-order valence-corrected chi connectivity index (χ1v) is 15.7. The van der Waals surface area contributed by atoms with E-state index in [2.05, 4.69) is 63.5 Å². The van der Waals surface area contributed by atoms with E-state index in [4.69, 9.17) is 9.47 Å². The Kier molecular flexibility index (Phi) is 17.3. The zero-order valence-corrected chi connectivity index (χ0v) is 25.3. The zero-order chi connectivity index (χ0) is 28.0. The van der Waals surface area contributed by atoms with E-state index in [-0.39, 0.29) is 5.97 Å². The molecule has 0 heterocycles. The summed E-state index contributed by atoms with van der Waals surface area (Å²) in [6, 6.07) is 18.8. The molecule has 2 rings (SSSR count). The van der Waals surface area contributed by atoms with Crippen molar-refractivity contribution in [3.05, 3.63) is 65.7 Å². The van der Waals surface area contributed by atoms with Crippen molar-refractivity contribution in [2.45, 2.75) is 110 Å². The van der Waals surface area contributed by atoms with Gasteiger partial charge in [-0.3, -0.25) is 4.79 Å². The lowest BCUT2D eigenvalue weighted by atomic mass is 10.0. The lowest BCUT2D eigenvalue weighted by molar-refractivity contribution is -0.903. The molecule has 4 heteroatoms. The summed E-state index contributed by atoms with van der Waals surface area (Å²) < 4.78 is 12.3. The van der Waals surface area contributed by atoms with Crippen molar-refractivity contribution in [2.75, 3.05) is 33.9 Å². The number of nitrogens with zero attached hydrogens (tertiary/aromatic N) is 1. The van der Waals surface area contributed by atoms with Gasteiger partial charge in [0.15, 0.2) is 0 Å². The summed E-state index contributed by atoms with van der Waals surface area (Å²) in [7, 11) is 4.31. The van der Waals surface area contributed by atoms with Crippen molar-refractivity contribution in [1.82, 2.24) is 0 Å². The van der Waals surface area contributed by atoms with E-state index in [9.17, 15) is 4.79 Å². The average Bonchev–Trinajstić information content (AvgIpc) is 2.93. The van der Waals surface area contributed by atoms with Gasteiger partial charge in [0.1, 0.15) is 12.3 Å². The number of carbonyl (C=O) groups is 1. The number of esters is 1. The van der Waals surface area contributed by atoms with Crippen LogP contribution in [-0.4, -0.2) is 44.3 Å². The van der Waals surface area contributed by atoms with Crippen molar-refractivity contribution in [3.63, 3.8) is 0 Å². The minimum atomic E-state index is -0.123. The Morgan fingerprint density at radius 1 is 0.692 bits per heavy atom. The summed E-state index contributed by atoms with van der Waals surface area (Å²) in [6.07, 6.45) is 18.6. The number of para-hydroxylation sites is 1. The van der Waals surface area contributed by atoms with Crippen LogP contribution in [0.2, 0.25) is 0 Å². The minimum Gasteiger partial charge on any atom is -0.493 e. The number of hydrogen-bond donors (Lipinski definition) is 0. The molecule has 2 aromatic carbocycles. The second-order valence-corrected chi connectivity index (χ2v) is 11.7. The standard InChI is InChI=1S/C35H56NO3/c1-4-5-6-7-8-9-10-11-12-13-14-18-24-33-25-19-20-26-34(33)38-29-21-30-39-35(37)27-28-36(2,3)31-32-22-16-15-17-23-32/h15-17,19-20,22-23,25-26H,4-14,18,21,24,27-31H2,1-3H3/q+1. The molecule has 0 radical (unpaired) electrons. The largest absolute Gasteiger partial charge is 0.493 e. The Labute approximate surface area is 239 Å². The van der Waals surface area contributed by atoms with Crippen molar-refractivity contribution < 1.29 is 18.8 Å². The number of aryl methyl sites for hydroxylation is 1. The van der Waals surface area contributed by atoms with Crippen LogP contribution in [0, 0.1) is 0 Å². The fourth-order valence-corrected chi connectivity index (χ4v) is 5.06. The van der Waals surface area contributed by atoms with Gasteiger partial charge in [-0.1, -0.05) is 126 Å². The normalized spacial score (nSPS) is 11.5. The van der Waals surface area contributed by atoms with Gasteiger partial charge in [-0.2, -0.15) is 0 Å². The quantitative estimate of drug-likeness (QED) is 0.0805. The van der Waals surface area contributed by atoms with Gasteiger partial charge >= 0.3 is 5.97 Å². The van der Waals surface area contributed by atoms with Crippen molar-refractivity contribution in [1.29, 1.82) is 0 Å². The summed E-state index contributed by atoms with van der Waals surface area (Å²) in [5.74, 6) is 0.855. The molecule has 0 unspecified atom stereocenters. The molecule has 0 aromatic heterocycles. The molecule has 0 N–H and O–H groups in total. The molecule has 0 aliphatic rings. The summed E-state index contributed by atoms with van der Waals surface area (Å²) in [4.78, 5) is 12.2. The van der Waals surface area contributed by atoms with Gasteiger partial charge < -0.3 is 14.0 Å². The monoisotopic (exact) mass is 538 g/mol. The van der Waals surface area contributed by atoms with Gasteiger partial charge in [0.05, 0.1) is 40.3 Å². The number of ether oxygens (including phenoxy) is 2. The molecule has 0 amide bonds. The molecule has 218 valence electrons. The maximum Gasteiger partial charge on any atom is 0.311 e. The van der Waals surface area contributed by atoms with Gasteiger partial charge in [-0.05, 0) is 24.5 Å². The molecule has 0 bridgehead atoms. The van der Waals surface area contributed by atoms with Crippen molar-refractivity contribution in [2.24, 2.45) is 0 Å². The smallest absolute Gasteiger partial charge is 0.311 e. The van der Waals surface area contributed by atoms with Gasteiger partial charge in [0.25, 0.3) is 0 Å². The molecule has 0 spiro atoms. The number of hydrogen-bond acceptors (Lipinski definition) is 3. The van der Waals surface area contributed by atoms with Crippen LogP contribution in [0.1, 0.15) is 108 Å². The van der Waals surface area contributed by atoms with Crippen molar-refractivity contribution in [3.8, 4) is 5.75 Å². The molecule has 0 aliphatic heterocycles. The van der Waals surface area contributed by atoms with Crippen LogP contribution in [-0.2, 0) is 22.5 Å². The fourth-order valence-electron chi connectivity index (χ4n) is 5.06. The molecule has 0 saturated carbocycles. The highest BCUT2D eigenvalue weighted by Gasteiger charge is 2.18. The molecule has 4 nitrogen and oxygen atoms in total. The van der Waals surface area contributed by atoms with E-state index < -0.39 is 0 Å². The Hall–Kier alpha value is -2.33. The SMILES string of the molecule is CCCCCCCCCCCCCCc1ccccc1OCCCOC(=O)CC[N+](C)(C)Cc1ccccc1. The first-order valence-electron chi connectivity index (χ1n) is 15.7. The fraction of sp³-hybridized carbons (Fsp3) is 0.629. The predicted molar refractivity (Wildman–Crippen MR) is 164 cm³/mol. The summed E-state index contributed by atoms with van der Waals surface area (Å²) >= 11 is 0. The highest BCUT2D eigenvalue weighted by atomic mass is 16.5. The van der Waals surface area contributed by atoms with Crippen LogP contribution in [0.15, 0.2) is 54.6 Å². The van der Waals surface area contributed by atoms with Crippen LogP contribution in [0.4, 0.5) is 0 Å². The van der Waals surface area contributed by atoms with Crippen molar-refractivity contribution >= 4 is 5.97 Å². The van der Waals surface area contributed by atoms with E-state index in [1.807, 2.05) is 12.1 Å². The van der Waals surface area contributed by atoms with Crippen LogP contribution in [0.25, 0.3) is 0 Å². The average molecular weight is 539 g/mol. The second kappa shape index (κ2) is 20.6. The molecule has 0 aliphatic carbocycles. The maximum atomic E-state index is 12.2. The zero-order valence-electron chi connectivity index (χ0n) is 25.3. The number of rotatable bonds is 23. The molecule has 2 aromatic rings. The summed E-state index contributed by atoms with van der Waals surface area (Å²) in [6.45, 7) is 4.92. The van der Waals surface area contributed by atoms with Crippen LogP contribution in [0.5, 0.6) is 5.75 Å². The van der Waals surface area contributed by atoms with Gasteiger partial charge in [0, 0.05) is 12.0 Å². The number of carbonyl (C=O) groups excluding carboxylic acids is 1. The molecule has 0 fully saturated rings. The maximum absolute atomic E-state index is 12.2. The van der Waals surface area contributed by atoms with E-state index in [1.165, 1.54) is 88.2 Å². The first-order chi connectivity index (χ1) is 19.0. The van der Waals surface area contributed by atoms with E-state index in [0.29, 0.717) is 26.1 Å². The van der Waals surface area contributed by atoms with Gasteiger partial charge in [-0.15, -0.1) is 0 Å². The third-order valence-electron chi connectivity index (χ3n) is 7.46. The highest BCUT2D eigenvalue weighted by Crippen LogP contribution is 2.21. The number of quaternary nitrogens is 1. The molecule has 39 heavy (non-hydrogen) atoms. The van der Waals surface area contributed by atoms with Crippen LogP contribution < -0.4 is 4.74 Å². The molecular weight excluding hydrogens is 482 g/mol. The Balaban J connectivity index is 1.51. The van der Waals surface area contributed by atoms with Crippen LogP contribution in [0.3, 0.4) is 0 Å². The highest BCUT2D eigenvalue weighted by molar-refractivity contribution is 5.69. The molecule has 0 saturated heterocycles. The third-order valence-corrected chi connectivity index (χ3v) is 7.46. The summed E-state index contributed by atoms with van der Waals surface area (Å²) in [5, 5.41) is 0. The van der Waals surface area contributed by atoms with E-state index >= 15 is 0 Å². The lowest BCUT2D eigenvalue weighted by Crippen LogP contribution is -2.40.